The van der Waals surface area contributed by atoms with E-state index in [1.807, 2.05) is 24.3 Å². The number of phenols is 1. The van der Waals surface area contributed by atoms with Gasteiger partial charge in [0.05, 0.1) is 6.20 Å². The monoisotopic (exact) mass is 347 g/mol. The molecule has 4 nitrogen and oxygen atoms in total. The lowest BCUT2D eigenvalue weighted by atomic mass is 10.0. The molecule has 0 aliphatic heterocycles. The van der Waals surface area contributed by atoms with Gasteiger partial charge >= 0.3 is 0 Å². The van der Waals surface area contributed by atoms with Gasteiger partial charge in [-0.05, 0) is 42.7 Å². The molecule has 2 rings (SSSR count). The van der Waals surface area contributed by atoms with E-state index in [1.165, 1.54) is 44.1 Å². The minimum Gasteiger partial charge on any atom is -0.506 e. The molecule has 5 heteroatoms. The minimum atomic E-state index is 0. The maximum absolute atomic E-state index is 9.91. The standard InChI is InChI=1S/C19H25N3O.ClH/c1-2-3-4-5-6-7-9-16-11-12-19(23)18(14-16)22-21-17-10-8-13-20-15-17;/h8,10-15,23H,2-7,9H2,1H3;1H. The lowest BCUT2D eigenvalue weighted by molar-refractivity contribution is 0.476. The molecule has 2 aromatic rings. The van der Waals surface area contributed by atoms with Gasteiger partial charge < -0.3 is 5.11 Å². The number of phenolic OH excluding ortho intramolecular Hbond substituents is 1. The third-order valence-electron chi connectivity index (χ3n) is 3.78. The summed E-state index contributed by atoms with van der Waals surface area (Å²) in [4.78, 5) is 3.99. The average Bonchev–Trinajstić information content (AvgIpc) is 2.59. The molecule has 0 fully saturated rings. The first kappa shape index (κ1) is 20.1. The number of unbranched alkanes of at least 4 members (excludes halogenated alkanes) is 5. The molecule has 0 unspecified atom stereocenters. The number of benzene rings is 1. The van der Waals surface area contributed by atoms with Gasteiger partial charge in [0.25, 0.3) is 0 Å². The van der Waals surface area contributed by atoms with Gasteiger partial charge in [0.2, 0.25) is 0 Å². The largest absolute Gasteiger partial charge is 0.506 e. The smallest absolute Gasteiger partial charge is 0.143 e. The third kappa shape index (κ3) is 7.09. The molecule has 0 bridgehead atoms. The van der Waals surface area contributed by atoms with Crippen LogP contribution >= 0.6 is 12.4 Å². The first-order chi connectivity index (χ1) is 11.3. The van der Waals surface area contributed by atoms with Crippen molar-refractivity contribution in [2.24, 2.45) is 10.2 Å². The van der Waals surface area contributed by atoms with E-state index < -0.39 is 0 Å². The number of hydrogen-bond donors (Lipinski definition) is 1. The van der Waals surface area contributed by atoms with Gasteiger partial charge in [-0.25, -0.2) is 0 Å². The molecule has 0 aliphatic rings. The highest BCUT2D eigenvalue weighted by molar-refractivity contribution is 5.85. The Kier molecular flexibility index (Phi) is 9.70. The second kappa shape index (κ2) is 11.6. The highest BCUT2D eigenvalue weighted by Crippen LogP contribution is 2.29. The lowest BCUT2D eigenvalue weighted by Crippen LogP contribution is -1.86. The Morgan fingerprint density at radius 3 is 2.54 bits per heavy atom. The van der Waals surface area contributed by atoms with Gasteiger partial charge in [0, 0.05) is 6.20 Å². The van der Waals surface area contributed by atoms with Crippen molar-refractivity contribution in [3.63, 3.8) is 0 Å². The Morgan fingerprint density at radius 1 is 1.00 bits per heavy atom. The van der Waals surface area contributed by atoms with E-state index in [0.717, 1.165) is 6.42 Å². The molecule has 24 heavy (non-hydrogen) atoms. The van der Waals surface area contributed by atoms with Crippen LogP contribution in [0, 0.1) is 0 Å². The molecule has 0 radical (unpaired) electrons. The third-order valence-corrected chi connectivity index (χ3v) is 3.78. The summed E-state index contributed by atoms with van der Waals surface area (Å²) in [5.41, 5.74) is 2.38. The van der Waals surface area contributed by atoms with E-state index in [9.17, 15) is 5.11 Å². The van der Waals surface area contributed by atoms with Crippen LogP contribution in [0.15, 0.2) is 53.0 Å². The Morgan fingerprint density at radius 2 is 1.79 bits per heavy atom. The summed E-state index contributed by atoms with van der Waals surface area (Å²) in [7, 11) is 0. The van der Waals surface area contributed by atoms with Crippen molar-refractivity contribution >= 4 is 23.8 Å². The predicted molar refractivity (Wildman–Crippen MR) is 101 cm³/mol. The van der Waals surface area contributed by atoms with E-state index in [-0.39, 0.29) is 18.2 Å². The minimum absolute atomic E-state index is 0. The second-order valence-corrected chi connectivity index (χ2v) is 5.75. The molecule has 0 aliphatic carbocycles. The van der Waals surface area contributed by atoms with Crippen molar-refractivity contribution in [3.8, 4) is 5.75 Å². The first-order valence-corrected chi connectivity index (χ1v) is 8.43. The Bertz CT molecular complexity index is 617. The topological polar surface area (TPSA) is 57.8 Å². The summed E-state index contributed by atoms with van der Waals surface area (Å²) in [6, 6.07) is 9.21. The van der Waals surface area contributed by atoms with Crippen molar-refractivity contribution in [1.29, 1.82) is 0 Å². The normalized spacial score (nSPS) is 10.7. The quantitative estimate of drug-likeness (QED) is 0.414. The van der Waals surface area contributed by atoms with E-state index in [1.54, 1.807) is 18.5 Å². The summed E-state index contributed by atoms with van der Waals surface area (Å²) in [6.07, 6.45) is 12.0. The van der Waals surface area contributed by atoms with Gasteiger partial charge in [-0.15, -0.1) is 22.6 Å². The van der Waals surface area contributed by atoms with Gasteiger partial charge in [-0.1, -0.05) is 45.1 Å². The molecular weight excluding hydrogens is 322 g/mol. The number of aryl methyl sites for hydroxylation is 1. The van der Waals surface area contributed by atoms with Crippen LogP contribution in [0.5, 0.6) is 5.75 Å². The maximum Gasteiger partial charge on any atom is 0.143 e. The number of halogens is 1. The molecule has 1 heterocycles. The maximum atomic E-state index is 9.91. The second-order valence-electron chi connectivity index (χ2n) is 5.75. The molecule has 130 valence electrons. The van der Waals surface area contributed by atoms with Gasteiger partial charge in [0.15, 0.2) is 0 Å². The van der Waals surface area contributed by atoms with Crippen LogP contribution in [0.3, 0.4) is 0 Å². The molecule has 0 spiro atoms. The van der Waals surface area contributed by atoms with Gasteiger partial charge in [-0.2, -0.15) is 0 Å². The lowest BCUT2D eigenvalue weighted by Gasteiger charge is -2.04. The fourth-order valence-corrected chi connectivity index (χ4v) is 2.44. The Balaban J connectivity index is 0.00000288. The summed E-state index contributed by atoms with van der Waals surface area (Å²) in [6.45, 7) is 2.23. The number of pyridine rings is 1. The fourth-order valence-electron chi connectivity index (χ4n) is 2.44. The average molecular weight is 348 g/mol. The zero-order valence-electron chi connectivity index (χ0n) is 14.2. The number of aromatic nitrogens is 1. The fraction of sp³-hybridized carbons (Fsp3) is 0.421. The van der Waals surface area contributed by atoms with E-state index in [2.05, 4.69) is 22.1 Å². The Hall–Kier alpha value is -1.94. The van der Waals surface area contributed by atoms with Gasteiger partial charge in [-0.3, -0.25) is 4.98 Å². The molecule has 0 amide bonds. The number of azo groups is 1. The van der Waals surface area contributed by atoms with E-state index in [4.69, 9.17) is 0 Å². The summed E-state index contributed by atoms with van der Waals surface area (Å²) < 4.78 is 0. The van der Waals surface area contributed by atoms with Crippen LogP contribution in [0.1, 0.15) is 51.0 Å². The van der Waals surface area contributed by atoms with Crippen LogP contribution in [0.25, 0.3) is 0 Å². The van der Waals surface area contributed by atoms with Crippen molar-refractivity contribution in [2.45, 2.75) is 51.9 Å². The highest BCUT2D eigenvalue weighted by Gasteiger charge is 2.02. The molecule has 1 aromatic heterocycles. The number of aromatic hydroxyl groups is 1. The predicted octanol–water partition coefficient (Wildman–Crippen LogP) is 6.53. The zero-order chi connectivity index (χ0) is 16.3. The molecule has 0 atom stereocenters. The first-order valence-electron chi connectivity index (χ1n) is 8.43. The van der Waals surface area contributed by atoms with Gasteiger partial charge in [0.1, 0.15) is 17.1 Å². The summed E-state index contributed by atoms with van der Waals surface area (Å²) >= 11 is 0. The van der Waals surface area contributed by atoms with Crippen LogP contribution in [0.4, 0.5) is 11.4 Å². The van der Waals surface area contributed by atoms with E-state index >= 15 is 0 Å². The summed E-state index contributed by atoms with van der Waals surface area (Å²) in [5, 5.41) is 18.2. The van der Waals surface area contributed by atoms with Crippen LogP contribution in [-0.2, 0) is 6.42 Å². The zero-order valence-corrected chi connectivity index (χ0v) is 15.0. The molecule has 1 aromatic carbocycles. The molecular formula is C19H26ClN3O. The molecule has 0 saturated heterocycles. The van der Waals surface area contributed by atoms with Crippen molar-refractivity contribution in [3.05, 3.63) is 48.3 Å². The summed E-state index contributed by atoms with van der Waals surface area (Å²) in [5.74, 6) is 0.157. The van der Waals surface area contributed by atoms with Crippen LogP contribution < -0.4 is 0 Å². The van der Waals surface area contributed by atoms with E-state index in [0.29, 0.717) is 11.4 Å². The highest BCUT2D eigenvalue weighted by atomic mass is 35.5. The van der Waals surface area contributed by atoms with Crippen molar-refractivity contribution in [1.82, 2.24) is 4.98 Å². The molecule has 0 saturated carbocycles. The number of rotatable bonds is 9. The number of nitrogens with zero attached hydrogens (tertiary/aromatic N) is 3. The van der Waals surface area contributed by atoms with Crippen molar-refractivity contribution in [2.75, 3.05) is 0 Å². The molecule has 1 N–H and O–H groups in total. The van der Waals surface area contributed by atoms with Crippen LogP contribution in [0.2, 0.25) is 0 Å². The van der Waals surface area contributed by atoms with Crippen LogP contribution in [-0.4, -0.2) is 10.1 Å². The Labute approximate surface area is 150 Å². The number of hydrogen-bond acceptors (Lipinski definition) is 4. The SMILES string of the molecule is CCCCCCCCc1ccc(O)c(N=Nc2cccnc2)c1.Cl. The van der Waals surface area contributed by atoms with Crippen molar-refractivity contribution < 1.29 is 5.11 Å².